The fraction of sp³-hybridized carbons (Fsp3) is 0.318. The van der Waals surface area contributed by atoms with Gasteiger partial charge in [0, 0.05) is 38.2 Å². The summed E-state index contributed by atoms with van der Waals surface area (Å²) in [5, 5.41) is 5.59. The molecule has 1 saturated heterocycles. The highest BCUT2D eigenvalue weighted by Gasteiger charge is 2.19. The third-order valence-corrected chi connectivity index (χ3v) is 5.01. The average Bonchev–Trinajstić information content (AvgIpc) is 3.33. The number of aryl methyl sites for hydroxylation is 2. The van der Waals surface area contributed by atoms with E-state index in [1.165, 1.54) is 5.56 Å². The van der Waals surface area contributed by atoms with Crippen LogP contribution in [0.4, 0.5) is 4.79 Å². The number of benzene rings is 2. The zero-order valence-electron chi connectivity index (χ0n) is 16.2. The van der Waals surface area contributed by atoms with Gasteiger partial charge in [0.1, 0.15) is 5.52 Å². The first-order valence-corrected chi connectivity index (χ1v) is 9.93. The van der Waals surface area contributed by atoms with Crippen LogP contribution in [0.2, 0.25) is 0 Å². The summed E-state index contributed by atoms with van der Waals surface area (Å²) in [7, 11) is 0. The number of nitrogens with zero attached hydrogens (tertiary/aromatic N) is 2. The van der Waals surface area contributed by atoms with Gasteiger partial charge in [0.2, 0.25) is 0 Å². The topological polar surface area (TPSA) is 87.5 Å². The fourth-order valence-corrected chi connectivity index (χ4v) is 3.44. The van der Waals surface area contributed by atoms with Crippen LogP contribution >= 0.6 is 0 Å². The summed E-state index contributed by atoms with van der Waals surface area (Å²) in [6, 6.07) is 15.5. The minimum absolute atomic E-state index is 0.0805. The van der Waals surface area contributed by atoms with Crippen LogP contribution in [0.3, 0.4) is 0 Å². The number of hydrogen-bond donors (Lipinski definition) is 2. The number of rotatable bonds is 8. The Morgan fingerprint density at radius 1 is 1.17 bits per heavy atom. The molecule has 2 aromatic carbocycles. The molecule has 2 heterocycles. The van der Waals surface area contributed by atoms with Crippen molar-refractivity contribution in [3.05, 3.63) is 65.5 Å². The van der Waals surface area contributed by atoms with Crippen molar-refractivity contribution in [1.29, 1.82) is 0 Å². The van der Waals surface area contributed by atoms with Crippen LogP contribution in [0.15, 0.2) is 52.9 Å². The fourth-order valence-electron chi connectivity index (χ4n) is 3.44. The standard InChI is InChI=1S/C22H24N4O3/c27-21(23-11-13-26-14-12-24-22(26)28)17-9-10-19-18(15-17)25-20(29-19)8-4-7-16-5-2-1-3-6-16/h1-3,5-6,9-10,15H,4,7-8,11-14H2,(H,23,27)(H,24,28). The third-order valence-electron chi connectivity index (χ3n) is 5.01. The number of carbonyl (C=O) groups is 2. The number of aromatic nitrogens is 1. The van der Waals surface area contributed by atoms with Crippen molar-refractivity contribution in [3.8, 4) is 0 Å². The van der Waals surface area contributed by atoms with E-state index < -0.39 is 0 Å². The van der Waals surface area contributed by atoms with E-state index in [4.69, 9.17) is 4.42 Å². The van der Waals surface area contributed by atoms with Crippen LogP contribution in [0.25, 0.3) is 11.1 Å². The van der Waals surface area contributed by atoms with E-state index in [0.29, 0.717) is 48.7 Å². The molecule has 2 N–H and O–H groups in total. The van der Waals surface area contributed by atoms with Gasteiger partial charge in [0.05, 0.1) is 0 Å². The maximum Gasteiger partial charge on any atom is 0.317 e. The Morgan fingerprint density at radius 3 is 2.83 bits per heavy atom. The van der Waals surface area contributed by atoms with E-state index in [1.54, 1.807) is 23.1 Å². The summed E-state index contributed by atoms with van der Waals surface area (Å²) in [6.45, 7) is 2.24. The lowest BCUT2D eigenvalue weighted by Crippen LogP contribution is -2.36. The summed E-state index contributed by atoms with van der Waals surface area (Å²) >= 11 is 0. The zero-order chi connectivity index (χ0) is 20.1. The first-order valence-electron chi connectivity index (χ1n) is 9.93. The number of hydrogen-bond acceptors (Lipinski definition) is 4. The molecule has 0 spiro atoms. The van der Waals surface area contributed by atoms with Crippen molar-refractivity contribution in [2.45, 2.75) is 19.3 Å². The van der Waals surface area contributed by atoms with E-state index in [-0.39, 0.29) is 11.9 Å². The second-order valence-electron chi connectivity index (χ2n) is 7.10. The van der Waals surface area contributed by atoms with Crippen molar-refractivity contribution in [2.75, 3.05) is 26.2 Å². The number of carbonyl (C=O) groups excluding carboxylic acids is 2. The van der Waals surface area contributed by atoms with Crippen LogP contribution in [-0.2, 0) is 12.8 Å². The number of urea groups is 1. The van der Waals surface area contributed by atoms with Crippen LogP contribution in [-0.4, -0.2) is 48.0 Å². The van der Waals surface area contributed by atoms with Crippen LogP contribution in [0.1, 0.15) is 28.2 Å². The number of amides is 3. The summed E-state index contributed by atoms with van der Waals surface area (Å²) < 4.78 is 5.81. The summed E-state index contributed by atoms with van der Waals surface area (Å²) in [5.41, 5.74) is 3.21. The Kier molecular flexibility index (Phi) is 5.74. The maximum atomic E-state index is 12.4. The van der Waals surface area contributed by atoms with Gasteiger partial charge in [-0.05, 0) is 36.6 Å². The van der Waals surface area contributed by atoms with Crippen molar-refractivity contribution >= 4 is 23.0 Å². The van der Waals surface area contributed by atoms with Crippen molar-refractivity contribution < 1.29 is 14.0 Å². The van der Waals surface area contributed by atoms with E-state index in [0.717, 1.165) is 19.3 Å². The molecule has 7 heteroatoms. The molecule has 0 radical (unpaired) electrons. The molecule has 1 aliphatic heterocycles. The predicted octanol–water partition coefficient (Wildman–Crippen LogP) is 2.76. The number of fused-ring (bicyclic) bond motifs is 1. The second kappa shape index (κ2) is 8.77. The molecule has 7 nitrogen and oxygen atoms in total. The van der Waals surface area contributed by atoms with Gasteiger partial charge < -0.3 is 20.0 Å². The zero-order valence-corrected chi connectivity index (χ0v) is 16.2. The van der Waals surface area contributed by atoms with Crippen molar-refractivity contribution in [1.82, 2.24) is 20.5 Å². The number of nitrogens with one attached hydrogen (secondary N) is 2. The summed E-state index contributed by atoms with van der Waals surface area (Å²) in [5.74, 6) is 0.508. The van der Waals surface area contributed by atoms with Gasteiger partial charge in [-0.3, -0.25) is 4.79 Å². The minimum Gasteiger partial charge on any atom is -0.441 e. The van der Waals surface area contributed by atoms with E-state index in [2.05, 4.69) is 27.8 Å². The molecule has 150 valence electrons. The Hall–Kier alpha value is -3.35. The maximum absolute atomic E-state index is 12.4. The molecule has 1 aliphatic rings. The first-order chi connectivity index (χ1) is 14.2. The van der Waals surface area contributed by atoms with Gasteiger partial charge in [-0.15, -0.1) is 0 Å². The molecule has 0 unspecified atom stereocenters. The first kappa shape index (κ1) is 19.0. The van der Waals surface area contributed by atoms with Crippen molar-refractivity contribution in [3.63, 3.8) is 0 Å². The lowest BCUT2D eigenvalue weighted by atomic mass is 10.1. The monoisotopic (exact) mass is 392 g/mol. The molecule has 3 amide bonds. The largest absolute Gasteiger partial charge is 0.441 e. The molecule has 1 aromatic heterocycles. The van der Waals surface area contributed by atoms with Gasteiger partial charge in [0.25, 0.3) is 5.91 Å². The smallest absolute Gasteiger partial charge is 0.317 e. The Morgan fingerprint density at radius 2 is 2.03 bits per heavy atom. The summed E-state index contributed by atoms with van der Waals surface area (Å²) in [6.07, 6.45) is 2.68. The molecule has 0 saturated carbocycles. The molecular weight excluding hydrogens is 368 g/mol. The van der Waals surface area contributed by atoms with Crippen LogP contribution in [0.5, 0.6) is 0 Å². The van der Waals surface area contributed by atoms with Gasteiger partial charge in [0.15, 0.2) is 11.5 Å². The Balaban J connectivity index is 1.31. The minimum atomic E-state index is -0.180. The van der Waals surface area contributed by atoms with Gasteiger partial charge in [-0.25, -0.2) is 9.78 Å². The van der Waals surface area contributed by atoms with Crippen LogP contribution < -0.4 is 10.6 Å². The van der Waals surface area contributed by atoms with Gasteiger partial charge in [-0.1, -0.05) is 30.3 Å². The highest BCUT2D eigenvalue weighted by Crippen LogP contribution is 2.19. The van der Waals surface area contributed by atoms with Gasteiger partial charge >= 0.3 is 6.03 Å². The molecule has 0 aliphatic carbocycles. The molecule has 29 heavy (non-hydrogen) atoms. The van der Waals surface area contributed by atoms with E-state index in [1.807, 2.05) is 18.2 Å². The quantitative estimate of drug-likeness (QED) is 0.617. The Bertz CT molecular complexity index is 1000. The highest BCUT2D eigenvalue weighted by atomic mass is 16.3. The number of oxazole rings is 1. The van der Waals surface area contributed by atoms with Crippen molar-refractivity contribution in [2.24, 2.45) is 0 Å². The lowest BCUT2D eigenvalue weighted by molar-refractivity contribution is 0.0950. The second-order valence-corrected chi connectivity index (χ2v) is 7.10. The molecule has 4 rings (SSSR count). The molecule has 0 atom stereocenters. The SMILES string of the molecule is O=C(NCCN1CCNC1=O)c1ccc2oc(CCCc3ccccc3)nc2c1. The van der Waals surface area contributed by atoms with Crippen LogP contribution in [0, 0.1) is 0 Å². The summed E-state index contributed by atoms with van der Waals surface area (Å²) in [4.78, 5) is 30.1. The normalized spacial score (nSPS) is 13.7. The molecule has 0 bridgehead atoms. The molecule has 1 fully saturated rings. The molecule has 3 aromatic rings. The molecular formula is C22H24N4O3. The van der Waals surface area contributed by atoms with Gasteiger partial charge in [-0.2, -0.15) is 0 Å². The third kappa shape index (κ3) is 4.74. The predicted molar refractivity (Wildman–Crippen MR) is 110 cm³/mol. The van der Waals surface area contributed by atoms with E-state index in [9.17, 15) is 9.59 Å². The van der Waals surface area contributed by atoms with E-state index >= 15 is 0 Å². The Labute approximate surface area is 169 Å². The highest BCUT2D eigenvalue weighted by molar-refractivity contribution is 5.97. The average molecular weight is 392 g/mol. The lowest BCUT2D eigenvalue weighted by Gasteiger charge is -2.14.